The summed E-state index contributed by atoms with van der Waals surface area (Å²) < 4.78 is 38.2. The minimum atomic E-state index is -4.51. The summed E-state index contributed by atoms with van der Waals surface area (Å²) in [4.78, 5) is 32.1. The monoisotopic (exact) mass is 370 g/mol. The third-order valence-electron chi connectivity index (χ3n) is 4.26. The van der Waals surface area contributed by atoms with E-state index in [1.54, 1.807) is 4.90 Å². The fraction of sp³-hybridized carbons (Fsp3) is 0.533. The van der Waals surface area contributed by atoms with Crippen LogP contribution in [0.2, 0.25) is 0 Å². The first-order valence-corrected chi connectivity index (χ1v) is 8.13. The lowest BCUT2D eigenvalue weighted by molar-refractivity contribution is -0.141. The number of carbonyl (C=O) groups excluding carboxylic acids is 2. The Bertz CT molecular complexity index is 728. The highest BCUT2D eigenvalue weighted by molar-refractivity contribution is 6.39. The van der Waals surface area contributed by atoms with Gasteiger partial charge in [0.25, 0.3) is 5.91 Å². The molecule has 1 saturated heterocycles. The van der Waals surface area contributed by atoms with Crippen LogP contribution in [-0.2, 0) is 15.8 Å². The maximum absolute atomic E-state index is 12.7. The van der Waals surface area contributed by atoms with Crippen molar-refractivity contribution in [3.8, 4) is 0 Å². The van der Waals surface area contributed by atoms with Crippen molar-refractivity contribution in [1.29, 1.82) is 0 Å². The number of alkyl halides is 3. The SMILES string of the molecule is O=C1CCC(C(=O)NC2CCN(c3cc(C(F)(F)F)ncn3)CC2)=NN1. The lowest BCUT2D eigenvalue weighted by Gasteiger charge is -2.33. The molecule has 0 unspecified atom stereocenters. The van der Waals surface area contributed by atoms with Gasteiger partial charge in [-0.3, -0.25) is 9.59 Å². The molecular weight excluding hydrogens is 353 g/mol. The van der Waals surface area contributed by atoms with Crippen molar-refractivity contribution in [3.05, 3.63) is 18.1 Å². The molecule has 0 radical (unpaired) electrons. The standard InChI is InChI=1S/C15H17F3N6O2/c16-15(17,18)11-7-12(20-8-19-11)24-5-3-9(4-6-24)21-14(26)10-1-2-13(25)23-22-10/h7-9H,1-6H2,(H,21,26)(H,23,25). The van der Waals surface area contributed by atoms with E-state index < -0.39 is 11.9 Å². The molecule has 1 aromatic rings. The van der Waals surface area contributed by atoms with Gasteiger partial charge in [-0.15, -0.1) is 0 Å². The zero-order valence-electron chi connectivity index (χ0n) is 13.7. The van der Waals surface area contributed by atoms with Crippen LogP contribution in [0.5, 0.6) is 0 Å². The number of halogens is 3. The predicted molar refractivity (Wildman–Crippen MR) is 85.2 cm³/mol. The summed E-state index contributed by atoms with van der Waals surface area (Å²) in [6.07, 6.45) is -1.97. The molecule has 0 bridgehead atoms. The van der Waals surface area contributed by atoms with Gasteiger partial charge in [0.1, 0.15) is 23.6 Å². The van der Waals surface area contributed by atoms with E-state index in [1.165, 1.54) is 0 Å². The molecule has 3 heterocycles. The number of amides is 2. The van der Waals surface area contributed by atoms with Crippen LogP contribution in [0.25, 0.3) is 0 Å². The first kappa shape index (κ1) is 18.1. The zero-order chi connectivity index (χ0) is 18.7. The predicted octanol–water partition coefficient (Wildman–Crippen LogP) is 0.846. The summed E-state index contributed by atoms with van der Waals surface area (Å²) in [5.41, 5.74) is 1.57. The molecule has 2 aliphatic rings. The van der Waals surface area contributed by atoms with Crippen LogP contribution in [0.15, 0.2) is 17.5 Å². The van der Waals surface area contributed by atoms with Crippen LogP contribution in [-0.4, -0.2) is 46.6 Å². The highest BCUT2D eigenvalue weighted by Crippen LogP contribution is 2.29. The second kappa shape index (κ2) is 7.26. The Balaban J connectivity index is 1.55. The molecule has 2 amide bonds. The zero-order valence-corrected chi connectivity index (χ0v) is 13.7. The summed E-state index contributed by atoms with van der Waals surface area (Å²) >= 11 is 0. The molecule has 0 aliphatic carbocycles. The van der Waals surface area contributed by atoms with Gasteiger partial charge in [0.05, 0.1) is 0 Å². The average Bonchev–Trinajstić information content (AvgIpc) is 2.62. The van der Waals surface area contributed by atoms with Crippen molar-refractivity contribution in [2.45, 2.75) is 37.9 Å². The number of nitrogens with zero attached hydrogens (tertiary/aromatic N) is 4. The topological polar surface area (TPSA) is 99.6 Å². The molecule has 3 rings (SSSR count). The molecule has 1 aromatic heterocycles. The first-order valence-electron chi connectivity index (χ1n) is 8.13. The number of aromatic nitrogens is 2. The lowest BCUT2D eigenvalue weighted by Crippen LogP contribution is -2.47. The molecule has 2 N–H and O–H groups in total. The molecule has 140 valence electrons. The van der Waals surface area contributed by atoms with Gasteiger partial charge in [-0.2, -0.15) is 18.3 Å². The molecule has 8 nitrogen and oxygen atoms in total. The van der Waals surface area contributed by atoms with Crippen molar-refractivity contribution >= 4 is 23.3 Å². The van der Waals surface area contributed by atoms with E-state index in [0.29, 0.717) is 25.9 Å². The van der Waals surface area contributed by atoms with E-state index in [2.05, 4.69) is 25.8 Å². The smallest absolute Gasteiger partial charge is 0.356 e. The van der Waals surface area contributed by atoms with Gasteiger partial charge >= 0.3 is 6.18 Å². The number of nitrogens with one attached hydrogen (secondary N) is 2. The molecule has 26 heavy (non-hydrogen) atoms. The minimum absolute atomic E-state index is 0.108. The second-order valence-electron chi connectivity index (χ2n) is 6.09. The molecule has 0 saturated carbocycles. The maximum Gasteiger partial charge on any atom is 0.433 e. The van der Waals surface area contributed by atoms with Crippen molar-refractivity contribution in [3.63, 3.8) is 0 Å². The summed E-state index contributed by atoms with van der Waals surface area (Å²) in [5, 5.41) is 6.59. The van der Waals surface area contributed by atoms with Crippen LogP contribution >= 0.6 is 0 Å². The van der Waals surface area contributed by atoms with Crippen LogP contribution < -0.4 is 15.6 Å². The van der Waals surface area contributed by atoms with E-state index in [9.17, 15) is 22.8 Å². The number of rotatable bonds is 3. The van der Waals surface area contributed by atoms with Gasteiger partial charge in [-0.25, -0.2) is 15.4 Å². The number of carbonyl (C=O) groups is 2. The first-order chi connectivity index (χ1) is 12.3. The van der Waals surface area contributed by atoms with Crippen LogP contribution in [0.1, 0.15) is 31.4 Å². The van der Waals surface area contributed by atoms with Crippen LogP contribution in [0.4, 0.5) is 19.0 Å². The third-order valence-corrected chi connectivity index (χ3v) is 4.26. The molecule has 1 fully saturated rings. The van der Waals surface area contributed by atoms with E-state index in [4.69, 9.17) is 0 Å². The second-order valence-corrected chi connectivity index (χ2v) is 6.09. The molecule has 2 aliphatic heterocycles. The molecule has 0 atom stereocenters. The largest absolute Gasteiger partial charge is 0.433 e. The number of piperidine rings is 1. The Hall–Kier alpha value is -2.72. The van der Waals surface area contributed by atoms with Gasteiger partial charge in [-0.05, 0) is 12.8 Å². The normalized spacial score (nSPS) is 19.0. The average molecular weight is 370 g/mol. The third kappa shape index (κ3) is 4.27. The maximum atomic E-state index is 12.7. The van der Waals surface area contributed by atoms with Crippen LogP contribution in [0, 0.1) is 0 Å². The fourth-order valence-electron chi connectivity index (χ4n) is 2.83. The fourth-order valence-corrected chi connectivity index (χ4v) is 2.83. The summed E-state index contributed by atoms with van der Waals surface area (Å²) in [6, 6.07) is 0.821. The Labute approximate surface area is 146 Å². The van der Waals surface area contributed by atoms with Crippen molar-refractivity contribution in [2.75, 3.05) is 18.0 Å². The quantitative estimate of drug-likeness (QED) is 0.822. The van der Waals surface area contributed by atoms with E-state index in [1.807, 2.05) is 0 Å². The highest BCUT2D eigenvalue weighted by atomic mass is 19.4. The molecular formula is C15H17F3N6O2. The lowest BCUT2D eigenvalue weighted by atomic mass is 10.0. The van der Waals surface area contributed by atoms with Gasteiger partial charge in [0.15, 0.2) is 0 Å². The van der Waals surface area contributed by atoms with Gasteiger partial charge in [-0.1, -0.05) is 0 Å². The highest BCUT2D eigenvalue weighted by Gasteiger charge is 2.33. The Morgan fingerprint density at radius 2 is 1.96 bits per heavy atom. The Morgan fingerprint density at radius 3 is 2.58 bits per heavy atom. The van der Waals surface area contributed by atoms with E-state index >= 15 is 0 Å². The van der Waals surface area contributed by atoms with Crippen molar-refractivity contribution in [1.82, 2.24) is 20.7 Å². The number of anilines is 1. The number of hydrazone groups is 1. The molecule has 0 spiro atoms. The molecule has 11 heteroatoms. The minimum Gasteiger partial charge on any atom is -0.356 e. The summed E-state index contributed by atoms with van der Waals surface area (Å²) in [5.74, 6) is -0.334. The Kier molecular flexibility index (Phi) is 5.05. The van der Waals surface area contributed by atoms with Gasteiger partial charge < -0.3 is 10.2 Å². The number of hydrogen-bond acceptors (Lipinski definition) is 6. The van der Waals surface area contributed by atoms with E-state index in [-0.39, 0.29) is 42.2 Å². The van der Waals surface area contributed by atoms with Crippen LogP contribution in [0.3, 0.4) is 0 Å². The summed E-state index contributed by atoms with van der Waals surface area (Å²) in [7, 11) is 0. The van der Waals surface area contributed by atoms with Gasteiger partial charge in [0.2, 0.25) is 5.91 Å². The van der Waals surface area contributed by atoms with Gasteiger partial charge in [0, 0.05) is 38.0 Å². The van der Waals surface area contributed by atoms with E-state index in [0.717, 1.165) is 12.4 Å². The van der Waals surface area contributed by atoms with Crippen molar-refractivity contribution < 1.29 is 22.8 Å². The molecule has 0 aromatic carbocycles. The Morgan fingerprint density at radius 1 is 1.23 bits per heavy atom. The van der Waals surface area contributed by atoms with Crippen molar-refractivity contribution in [2.24, 2.45) is 5.10 Å². The summed E-state index contributed by atoms with van der Waals surface area (Å²) in [6.45, 7) is 0.922. The number of hydrogen-bond donors (Lipinski definition) is 2.